The van der Waals surface area contributed by atoms with Crippen molar-refractivity contribution in [2.24, 2.45) is 0 Å². The molecule has 0 unspecified atom stereocenters. The molecule has 0 heterocycles. The Kier molecular flexibility index (Phi) is 149. The SMILES string of the molecule is CCCCCCCCCCCCOCCCCCCCCCCCC.OCC(O)CO.OCC(O)CO.OCC(O)CO.OCC(O)CO.OCC(O)CO.OCC(O)CO.OCC(O)CO.OCC(O)CO.OCC(O)CO.OCC(O)CO.OCC(O)CO. The summed E-state index contributed by atoms with van der Waals surface area (Å²) in [6.45, 7) is -1.45. The summed E-state index contributed by atoms with van der Waals surface area (Å²) in [5.74, 6) is 0. The highest BCUT2D eigenvalue weighted by atomic mass is 16.5. The highest BCUT2D eigenvalue weighted by molar-refractivity contribution is 4.52. The van der Waals surface area contributed by atoms with Gasteiger partial charge in [0, 0.05) is 13.2 Å². The lowest BCUT2D eigenvalue weighted by Crippen LogP contribution is -2.15. The van der Waals surface area contributed by atoms with Crippen LogP contribution in [-0.2, 0) is 4.74 Å². The van der Waals surface area contributed by atoms with Gasteiger partial charge >= 0.3 is 0 Å². The summed E-state index contributed by atoms with van der Waals surface area (Å²) in [5.41, 5.74) is 0. The average molecular weight is 1370 g/mol. The molecule has 0 aromatic heterocycles. The second kappa shape index (κ2) is 116. The van der Waals surface area contributed by atoms with Gasteiger partial charge in [0.1, 0.15) is 67.1 Å². The minimum atomic E-state index is -0.954. The van der Waals surface area contributed by atoms with Crippen LogP contribution in [0.4, 0.5) is 0 Å². The molecule has 33 N–H and O–H groups in total. The van der Waals surface area contributed by atoms with E-state index >= 15 is 0 Å². The Morgan fingerprint density at radius 1 is 0.154 bits per heavy atom. The van der Waals surface area contributed by atoms with Crippen molar-refractivity contribution < 1.29 is 173 Å². The number of hydrogen-bond donors (Lipinski definition) is 33. The predicted molar refractivity (Wildman–Crippen MR) is 336 cm³/mol. The zero-order chi connectivity index (χ0) is 73.2. The standard InChI is InChI=1S/C24H50O.11C3H8O3/c1-3-5-7-9-11-13-15-17-19-21-23-25-24-22-20-18-16-14-12-10-8-6-4-2;11*4-1-3(6)2-5/h3-24H2,1-2H3;11*3-6H,1-2H2. The van der Waals surface area contributed by atoms with Crippen LogP contribution in [0.5, 0.6) is 0 Å². The number of ether oxygens (including phenoxy) is 1. The van der Waals surface area contributed by atoms with E-state index in [9.17, 15) is 0 Å². The summed E-state index contributed by atoms with van der Waals surface area (Å²) in [6.07, 6.45) is 17.7. The molecule has 34 nitrogen and oxygen atoms in total. The highest BCUT2D eigenvalue weighted by Crippen LogP contribution is 2.12. The summed E-state index contributed by atoms with van der Waals surface area (Å²) < 4.78 is 5.78. The molecule has 570 valence electrons. The summed E-state index contributed by atoms with van der Waals surface area (Å²) in [7, 11) is 0. The number of rotatable bonds is 44. The van der Waals surface area contributed by atoms with E-state index in [1.165, 1.54) is 128 Å². The quantitative estimate of drug-likeness (QED) is 0.0252. The third-order valence-electron chi connectivity index (χ3n) is 9.92. The van der Waals surface area contributed by atoms with Gasteiger partial charge in [-0.1, -0.05) is 129 Å². The molecular weight excluding hydrogens is 1230 g/mol. The first kappa shape index (κ1) is 117. The molecule has 34 heteroatoms. The van der Waals surface area contributed by atoms with Gasteiger partial charge in [-0.3, -0.25) is 0 Å². The molecule has 0 bridgehead atoms. The second-order valence-corrected chi connectivity index (χ2v) is 19.2. The van der Waals surface area contributed by atoms with Crippen LogP contribution in [0, 0.1) is 0 Å². The van der Waals surface area contributed by atoms with Crippen molar-refractivity contribution >= 4 is 0 Å². The molecule has 0 aromatic rings. The van der Waals surface area contributed by atoms with Gasteiger partial charge in [-0.25, -0.2) is 0 Å². The lowest BCUT2D eigenvalue weighted by atomic mass is 10.1. The van der Waals surface area contributed by atoms with Crippen molar-refractivity contribution in [1.29, 1.82) is 0 Å². The number of hydrogen-bond acceptors (Lipinski definition) is 34. The Morgan fingerprint density at radius 2 is 0.242 bits per heavy atom. The van der Waals surface area contributed by atoms with Crippen molar-refractivity contribution in [3.05, 3.63) is 0 Å². The van der Waals surface area contributed by atoms with E-state index in [2.05, 4.69) is 13.8 Å². The maximum Gasteiger partial charge on any atom is 0.100 e. The van der Waals surface area contributed by atoms with Crippen LogP contribution in [0.1, 0.15) is 142 Å². The molecule has 0 spiro atoms. The van der Waals surface area contributed by atoms with Gasteiger partial charge in [-0.05, 0) is 12.8 Å². The van der Waals surface area contributed by atoms with E-state index < -0.39 is 67.1 Å². The molecule has 0 aliphatic heterocycles. The van der Waals surface area contributed by atoms with Crippen molar-refractivity contribution in [3.63, 3.8) is 0 Å². The molecule has 0 rings (SSSR count). The molecule has 0 saturated heterocycles. The predicted octanol–water partition coefficient (Wildman–Crippen LogP) is -9.50. The Hall–Kier alpha value is -1.36. The van der Waals surface area contributed by atoms with Crippen LogP contribution in [0.25, 0.3) is 0 Å². The molecule has 91 heavy (non-hydrogen) atoms. The average Bonchev–Trinajstić information content (AvgIpc) is 3.60. The van der Waals surface area contributed by atoms with Gasteiger partial charge in [0.2, 0.25) is 0 Å². The number of unbranched alkanes of at least 4 members (excludes halogenated alkanes) is 18. The van der Waals surface area contributed by atoms with Crippen LogP contribution in [0.3, 0.4) is 0 Å². The highest BCUT2D eigenvalue weighted by Gasteiger charge is 2.01. The summed E-state index contributed by atoms with van der Waals surface area (Å²) in [5, 5.41) is 264. The van der Waals surface area contributed by atoms with Crippen molar-refractivity contribution in [1.82, 2.24) is 0 Å². The van der Waals surface area contributed by atoms with Crippen molar-refractivity contribution in [3.8, 4) is 0 Å². The third-order valence-corrected chi connectivity index (χ3v) is 9.92. The molecule has 0 aliphatic carbocycles. The van der Waals surface area contributed by atoms with Gasteiger partial charge < -0.3 is 173 Å². The molecule has 0 aliphatic rings. The fraction of sp³-hybridized carbons (Fsp3) is 1.00. The van der Waals surface area contributed by atoms with E-state index in [0.717, 1.165) is 13.2 Å². The summed E-state index contributed by atoms with van der Waals surface area (Å²) in [6, 6.07) is 0. The van der Waals surface area contributed by atoms with Crippen molar-refractivity contribution in [2.75, 3.05) is 159 Å². The Balaban J connectivity index is -0.0000000798. The fourth-order valence-corrected chi connectivity index (χ4v) is 4.12. The molecule has 0 radical (unpaired) electrons. The largest absolute Gasteiger partial charge is 0.394 e. The summed E-state index contributed by atoms with van der Waals surface area (Å²) in [4.78, 5) is 0. The van der Waals surface area contributed by atoms with Gasteiger partial charge in [0.15, 0.2) is 0 Å². The maximum absolute atomic E-state index is 8.17. The molecule has 0 amide bonds. The zero-order valence-electron chi connectivity index (χ0n) is 54.6. The van der Waals surface area contributed by atoms with Crippen LogP contribution in [-0.4, -0.2) is 394 Å². The third kappa shape index (κ3) is 159. The fourth-order valence-electron chi connectivity index (χ4n) is 4.12. The molecule has 0 fully saturated rings. The number of aliphatic hydroxyl groups is 33. The van der Waals surface area contributed by atoms with E-state index in [1.807, 2.05) is 0 Å². The van der Waals surface area contributed by atoms with E-state index in [-0.39, 0.29) is 145 Å². The lowest BCUT2D eigenvalue weighted by molar-refractivity contribution is 0.0450. The minimum Gasteiger partial charge on any atom is -0.394 e. The first-order chi connectivity index (χ1) is 43.3. The van der Waals surface area contributed by atoms with Crippen LogP contribution in [0.2, 0.25) is 0 Å². The Bertz CT molecular complexity index is 811. The Labute approximate surface area is 540 Å². The first-order valence-corrected chi connectivity index (χ1v) is 30.8. The number of aliphatic hydroxyl groups excluding tert-OH is 33. The van der Waals surface area contributed by atoms with Gasteiger partial charge in [-0.2, -0.15) is 0 Å². The topological polar surface area (TPSA) is 677 Å². The normalized spacial score (nSPS) is 10.4. The van der Waals surface area contributed by atoms with Crippen LogP contribution in [0.15, 0.2) is 0 Å². The lowest BCUT2D eigenvalue weighted by Gasteiger charge is -2.05. The molecular formula is C57H138O34. The summed E-state index contributed by atoms with van der Waals surface area (Å²) >= 11 is 0. The van der Waals surface area contributed by atoms with Gasteiger partial charge in [-0.15, -0.1) is 0 Å². The molecule has 0 aromatic carbocycles. The van der Waals surface area contributed by atoms with Gasteiger partial charge in [0.05, 0.1) is 145 Å². The zero-order valence-corrected chi connectivity index (χ0v) is 54.6. The first-order valence-electron chi connectivity index (χ1n) is 30.8. The second-order valence-electron chi connectivity index (χ2n) is 19.2. The van der Waals surface area contributed by atoms with Crippen LogP contribution < -0.4 is 0 Å². The van der Waals surface area contributed by atoms with Gasteiger partial charge in [0.25, 0.3) is 0 Å². The molecule has 0 saturated carbocycles. The van der Waals surface area contributed by atoms with E-state index in [0.29, 0.717) is 0 Å². The van der Waals surface area contributed by atoms with Crippen LogP contribution >= 0.6 is 0 Å². The Morgan fingerprint density at radius 3 is 0.319 bits per heavy atom. The monoisotopic (exact) mass is 1370 g/mol. The van der Waals surface area contributed by atoms with E-state index in [1.54, 1.807) is 0 Å². The smallest absolute Gasteiger partial charge is 0.100 e. The van der Waals surface area contributed by atoms with Crippen molar-refractivity contribution in [2.45, 2.75) is 209 Å². The maximum atomic E-state index is 8.17. The van der Waals surface area contributed by atoms with E-state index in [4.69, 9.17) is 173 Å². The minimum absolute atomic E-state index is 0.365. The molecule has 0 atom stereocenters.